The van der Waals surface area contributed by atoms with E-state index in [2.05, 4.69) is 0 Å². The lowest BCUT2D eigenvalue weighted by atomic mass is 10.0. The van der Waals surface area contributed by atoms with Crippen molar-refractivity contribution in [1.29, 1.82) is 0 Å². The number of alkyl halides is 6. The first kappa shape index (κ1) is 23.9. The van der Waals surface area contributed by atoms with Crippen LogP contribution < -0.4 is 21.7 Å². The van der Waals surface area contributed by atoms with E-state index in [1.165, 1.54) is 0 Å². The van der Waals surface area contributed by atoms with Crippen LogP contribution in [0.25, 0.3) is 0 Å². The Kier molecular flexibility index (Phi) is 5.80. The zero-order chi connectivity index (χ0) is 24.8. The molecule has 2 aliphatic heterocycles. The number of carbonyl (C=O) groups is 2. The first-order chi connectivity index (χ1) is 15.9. The monoisotopic (exact) mass is 490 g/mol. The van der Waals surface area contributed by atoms with Crippen LogP contribution in [-0.2, 0) is 20.8 Å². The third-order valence-electron chi connectivity index (χ3n) is 5.26. The van der Waals surface area contributed by atoms with Crippen molar-refractivity contribution in [2.24, 2.45) is 0 Å². The maximum Gasteiger partial charge on any atom is 0.426 e. The molecular formula is C20H16F6N4O4. The molecule has 2 heterocycles. The molecule has 2 aliphatic rings. The predicted octanol–water partition coefficient (Wildman–Crippen LogP) is 2.35. The summed E-state index contributed by atoms with van der Waals surface area (Å²) in [6.07, 6.45) is -9.16. The highest BCUT2D eigenvalue weighted by atomic mass is 19.4. The van der Waals surface area contributed by atoms with Gasteiger partial charge in [-0.3, -0.25) is 0 Å². The van der Waals surface area contributed by atoms with E-state index >= 15 is 0 Å². The molecule has 0 spiro atoms. The Morgan fingerprint density at radius 3 is 1.15 bits per heavy atom. The van der Waals surface area contributed by atoms with Crippen molar-refractivity contribution in [2.75, 3.05) is 13.2 Å². The number of nitrogens with one attached hydrogen (secondary N) is 4. The van der Waals surface area contributed by atoms with E-state index in [4.69, 9.17) is 9.47 Å². The van der Waals surface area contributed by atoms with Gasteiger partial charge in [0.05, 0.1) is 11.1 Å². The van der Waals surface area contributed by atoms with E-state index < -0.39 is 35.6 Å². The van der Waals surface area contributed by atoms with Crippen molar-refractivity contribution in [3.63, 3.8) is 0 Å². The Bertz CT molecular complexity index is 991. The quantitative estimate of drug-likeness (QED) is 0.201. The van der Waals surface area contributed by atoms with Gasteiger partial charge >= 0.3 is 24.3 Å². The average molecular weight is 490 g/mol. The molecule has 2 aromatic carbocycles. The van der Waals surface area contributed by atoms with Crippen LogP contribution in [0, 0.1) is 0 Å². The second kappa shape index (κ2) is 8.23. The van der Waals surface area contributed by atoms with Gasteiger partial charge in [0.2, 0.25) is 11.3 Å². The number of hydrazine groups is 2. The second-order valence-corrected chi connectivity index (χ2v) is 7.42. The summed E-state index contributed by atoms with van der Waals surface area (Å²) >= 11 is 0. The minimum absolute atomic E-state index is 0.00970. The molecular weight excluding hydrogens is 474 g/mol. The van der Waals surface area contributed by atoms with Crippen LogP contribution in [0.2, 0.25) is 0 Å². The molecule has 4 rings (SSSR count). The van der Waals surface area contributed by atoms with Crippen molar-refractivity contribution >= 4 is 11.9 Å². The molecule has 2 aromatic rings. The van der Waals surface area contributed by atoms with Crippen LogP contribution in [0.3, 0.4) is 0 Å². The highest BCUT2D eigenvalue weighted by Crippen LogP contribution is 2.43. The summed E-state index contributed by atoms with van der Waals surface area (Å²) in [6.45, 7) is -0.684. The number of ether oxygens (including phenoxy) is 2. The Labute approximate surface area is 187 Å². The van der Waals surface area contributed by atoms with E-state index in [9.17, 15) is 35.9 Å². The minimum Gasteiger partial charge on any atom is -0.458 e. The number of carbonyl (C=O) groups excluding carboxylic acids is 2. The van der Waals surface area contributed by atoms with Gasteiger partial charge in [0, 0.05) is 0 Å². The fourth-order valence-electron chi connectivity index (χ4n) is 3.17. The number of benzene rings is 2. The summed E-state index contributed by atoms with van der Waals surface area (Å²) in [5.74, 6) is -1.68. The molecule has 0 amide bonds. The molecule has 0 atom stereocenters. The van der Waals surface area contributed by atoms with Crippen molar-refractivity contribution in [1.82, 2.24) is 21.7 Å². The minimum atomic E-state index is -4.58. The standard InChI is InChI=1S/C20H16F6N4O4/c21-19(22,23)17(27-28-17)13-5-1-11(2-6-13)15(31)33-9-10-34-16(32)12-3-7-14(8-4-12)18(29-30-18)20(24,25)26/h1-8,27-30H,9-10H2. The van der Waals surface area contributed by atoms with Gasteiger partial charge in [-0.2, -0.15) is 26.3 Å². The lowest BCUT2D eigenvalue weighted by Crippen LogP contribution is -2.34. The maximum atomic E-state index is 13.0. The zero-order valence-corrected chi connectivity index (χ0v) is 16.9. The molecule has 2 saturated heterocycles. The molecule has 182 valence electrons. The molecule has 0 saturated carbocycles. The molecule has 8 nitrogen and oxygen atoms in total. The number of rotatable bonds is 7. The van der Waals surface area contributed by atoms with Crippen molar-refractivity contribution in [3.8, 4) is 0 Å². The van der Waals surface area contributed by atoms with Crippen LogP contribution in [-0.4, -0.2) is 37.5 Å². The van der Waals surface area contributed by atoms with Gasteiger partial charge in [-0.15, -0.1) is 0 Å². The van der Waals surface area contributed by atoms with Gasteiger partial charge in [-0.25, -0.2) is 31.3 Å². The van der Waals surface area contributed by atoms with Gasteiger partial charge < -0.3 is 9.47 Å². The molecule has 0 bridgehead atoms. The van der Waals surface area contributed by atoms with E-state index in [1.54, 1.807) is 0 Å². The van der Waals surface area contributed by atoms with Gasteiger partial charge in [-0.1, -0.05) is 24.3 Å². The second-order valence-electron chi connectivity index (χ2n) is 7.42. The fraction of sp³-hybridized carbons (Fsp3) is 0.300. The van der Waals surface area contributed by atoms with Crippen molar-refractivity contribution < 1.29 is 45.4 Å². The number of hydrogen-bond acceptors (Lipinski definition) is 8. The van der Waals surface area contributed by atoms with Gasteiger partial charge in [0.25, 0.3) is 0 Å². The average Bonchev–Trinajstić information content (AvgIpc) is 3.69. The summed E-state index contributed by atoms with van der Waals surface area (Å²) in [5, 5.41) is 0. The summed E-state index contributed by atoms with van der Waals surface area (Å²) < 4.78 is 88.1. The van der Waals surface area contributed by atoms with E-state index in [0.717, 1.165) is 48.5 Å². The van der Waals surface area contributed by atoms with Crippen LogP contribution in [0.4, 0.5) is 26.3 Å². The summed E-state index contributed by atoms with van der Waals surface area (Å²) in [4.78, 5) is 24.1. The van der Waals surface area contributed by atoms with Gasteiger partial charge in [0.1, 0.15) is 13.2 Å². The summed E-state index contributed by atoms with van der Waals surface area (Å²) in [6, 6.07) is 9.14. The molecule has 0 unspecified atom stereocenters. The Balaban J connectivity index is 1.24. The number of hydrogen-bond donors (Lipinski definition) is 4. The Morgan fingerprint density at radius 2 is 0.912 bits per heavy atom. The SMILES string of the molecule is O=C(OCCOC(=O)c1ccc(C2(C(F)(F)F)NN2)cc1)c1ccc(C2(C(F)(F)F)NN2)cc1. The lowest BCUT2D eigenvalue weighted by molar-refractivity contribution is -0.166. The Hall–Kier alpha value is -3.20. The summed E-state index contributed by atoms with van der Waals surface area (Å²) in [7, 11) is 0. The van der Waals surface area contributed by atoms with E-state index in [1.807, 2.05) is 21.7 Å². The van der Waals surface area contributed by atoms with Crippen molar-refractivity contribution in [2.45, 2.75) is 23.7 Å². The van der Waals surface area contributed by atoms with Crippen LogP contribution in [0.5, 0.6) is 0 Å². The molecule has 14 heteroatoms. The lowest BCUT2D eigenvalue weighted by Gasteiger charge is -2.16. The largest absolute Gasteiger partial charge is 0.458 e. The maximum absolute atomic E-state index is 13.0. The molecule has 34 heavy (non-hydrogen) atoms. The molecule has 4 N–H and O–H groups in total. The van der Waals surface area contributed by atoms with Crippen LogP contribution >= 0.6 is 0 Å². The molecule has 0 radical (unpaired) electrons. The van der Waals surface area contributed by atoms with Gasteiger partial charge in [0.15, 0.2) is 0 Å². The first-order valence-electron chi connectivity index (χ1n) is 9.67. The number of esters is 2. The third-order valence-corrected chi connectivity index (χ3v) is 5.26. The Morgan fingerprint density at radius 1 is 0.618 bits per heavy atom. The third kappa shape index (κ3) is 4.32. The van der Waals surface area contributed by atoms with Crippen LogP contribution in [0.15, 0.2) is 48.5 Å². The van der Waals surface area contributed by atoms with Gasteiger partial charge in [-0.05, 0) is 35.4 Å². The zero-order valence-electron chi connectivity index (χ0n) is 16.9. The number of halogens is 6. The predicted molar refractivity (Wildman–Crippen MR) is 101 cm³/mol. The molecule has 2 fully saturated rings. The van der Waals surface area contributed by atoms with E-state index in [0.29, 0.717) is 0 Å². The fourth-order valence-corrected chi connectivity index (χ4v) is 3.17. The summed E-state index contributed by atoms with van der Waals surface area (Å²) in [5.41, 5.74) is 3.19. The molecule has 0 aromatic heterocycles. The molecule has 0 aliphatic carbocycles. The van der Waals surface area contributed by atoms with E-state index in [-0.39, 0.29) is 35.5 Å². The highest BCUT2D eigenvalue weighted by molar-refractivity contribution is 5.90. The first-order valence-corrected chi connectivity index (χ1v) is 9.67. The highest BCUT2D eigenvalue weighted by Gasteiger charge is 2.66. The smallest absolute Gasteiger partial charge is 0.426 e. The van der Waals surface area contributed by atoms with Crippen LogP contribution in [0.1, 0.15) is 31.8 Å². The van der Waals surface area contributed by atoms with Crippen molar-refractivity contribution in [3.05, 3.63) is 70.8 Å². The normalized spacial score (nSPS) is 18.2. The topological polar surface area (TPSA) is 140 Å².